The van der Waals surface area contributed by atoms with Crippen LogP contribution in [0.1, 0.15) is 25.7 Å². The van der Waals surface area contributed by atoms with Crippen LogP contribution < -0.4 is 9.62 Å². The molecule has 1 aliphatic heterocycles. The van der Waals surface area contributed by atoms with E-state index in [0.717, 1.165) is 41.4 Å². The van der Waals surface area contributed by atoms with Crippen LogP contribution in [0, 0.1) is 11.3 Å². The third-order valence-electron chi connectivity index (χ3n) is 4.78. The Kier molecular flexibility index (Phi) is 7.35. The van der Waals surface area contributed by atoms with Gasteiger partial charge < -0.3 is 9.62 Å². The highest BCUT2D eigenvalue weighted by Gasteiger charge is 2.26. The summed E-state index contributed by atoms with van der Waals surface area (Å²) in [7, 11) is -0.389. The van der Waals surface area contributed by atoms with Gasteiger partial charge in [-0.1, -0.05) is 17.7 Å². The van der Waals surface area contributed by atoms with E-state index < -0.39 is 10.0 Å². The molecule has 29 heavy (non-hydrogen) atoms. The molecule has 1 aliphatic rings. The zero-order valence-electron chi connectivity index (χ0n) is 16.3. The van der Waals surface area contributed by atoms with E-state index in [4.69, 9.17) is 11.6 Å². The molecule has 1 atom stereocenters. The Morgan fingerprint density at radius 3 is 2.86 bits per heavy atom. The van der Waals surface area contributed by atoms with E-state index in [-0.39, 0.29) is 6.04 Å². The van der Waals surface area contributed by atoms with Crippen molar-refractivity contribution in [3.63, 3.8) is 0 Å². The zero-order chi connectivity index (χ0) is 21.0. The molecule has 0 spiro atoms. The van der Waals surface area contributed by atoms with Crippen molar-refractivity contribution < 1.29 is 8.42 Å². The molecule has 2 heterocycles. The number of para-hydroxylation sites is 1. The van der Waals surface area contributed by atoms with Gasteiger partial charge in [0.1, 0.15) is 4.21 Å². The van der Waals surface area contributed by atoms with Crippen LogP contribution in [0.4, 0.5) is 11.4 Å². The lowest BCUT2D eigenvalue weighted by atomic mass is 9.98. The molecular formula is C19H23ClN4O2S3. The van der Waals surface area contributed by atoms with Crippen LogP contribution in [0.2, 0.25) is 5.02 Å². The second-order valence-electron chi connectivity index (χ2n) is 6.91. The summed E-state index contributed by atoms with van der Waals surface area (Å²) in [6.45, 7) is 0.861. The smallest absolute Gasteiger partial charge is 0.252 e. The van der Waals surface area contributed by atoms with Gasteiger partial charge in [0.25, 0.3) is 10.0 Å². The number of hydrogen-bond acceptors (Lipinski definition) is 7. The number of anilines is 2. The van der Waals surface area contributed by atoms with E-state index in [1.54, 1.807) is 12.1 Å². The molecule has 1 saturated heterocycles. The average Bonchev–Trinajstić information content (AvgIpc) is 3.17. The summed E-state index contributed by atoms with van der Waals surface area (Å²) in [5, 5.41) is 9.84. The number of hydrogen-bond donors (Lipinski definition) is 1. The molecule has 156 valence electrons. The summed E-state index contributed by atoms with van der Waals surface area (Å²) in [6, 6.07) is 11.6. The summed E-state index contributed by atoms with van der Waals surface area (Å²) in [5.74, 6) is 0. The molecule has 1 aromatic heterocycles. The first-order valence-corrected chi connectivity index (χ1v) is 12.7. The molecule has 1 N–H and O–H groups in total. The number of nitrogens with zero attached hydrogens (tertiary/aromatic N) is 3. The highest BCUT2D eigenvalue weighted by Crippen LogP contribution is 2.41. The Morgan fingerprint density at radius 1 is 1.34 bits per heavy atom. The Labute approximate surface area is 185 Å². The van der Waals surface area contributed by atoms with Crippen LogP contribution in [-0.2, 0) is 10.0 Å². The van der Waals surface area contributed by atoms with Crippen LogP contribution in [0.3, 0.4) is 0 Å². The number of thiophene rings is 1. The van der Waals surface area contributed by atoms with Crippen molar-refractivity contribution in [3.05, 3.63) is 35.4 Å². The maximum Gasteiger partial charge on any atom is 0.252 e. The van der Waals surface area contributed by atoms with Gasteiger partial charge in [-0.05, 0) is 55.5 Å². The molecule has 10 heteroatoms. The minimum absolute atomic E-state index is 0.151. The maximum atomic E-state index is 12.3. The average molecular weight is 471 g/mol. The van der Waals surface area contributed by atoms with Gasteiger partial charge in [-0.3, -0.25) is 0 Å². The Morgan fingerprint density at radius 2 is 2.14 bits per heavy atom. The molecule has 1 aromatic carbocycles. The molecular weight excluding hydrogens is 448 g/mol. The van der Waals surface area contributed by atoms with Crippen LogP contribution in [-0.4, -0.2) is 39.4 Å². The second kappa shape index (κ2) is 9.58. The van der Waals surface area contributed by atoms with Gasteiger partial charge in [0.15, 0.2) is 0 Å². The van der Waals surface area contributed by atoms with E-state index >= 15 is 0 Å². The Balaban J connectivity index is 1.82. The van der Waals surface area contributed by atoms with E-state index in [0.29, 0.717) is 15.7 Å². The molecule has 1 unspecified atom stereocenters. The van der Waals surface area contributed by atoms with Gasteiger partial charge in [-0.2, -0.15) is 5.26 Å². The first kappa shape index (κ1) is 22.2. The summed E-state index contributed by atoms with van der Waals surface area (Å²) in [5.41, 5.74) is 1.76. The first-order chi connectivity index (χ1) is 13.8. The fourth-order valence-corrected chi connectivity index (χ4v) is 7.01. The molecule has 2 aromatic rings. The third kappa shape index (κ3) is 5.01. The SMILES string of the molecule is CN(C)S(=O)(=O)c1ccc(SNc2cccc(Cl)c2N2CCCCC2CC#N)s1. The summed E-state index contributed by atoms with van der Waals surface area (Å²) >= 11 is 9.13. The topological polar surface area (TPSA) is 76.4 Å². The molecule has 1 fully saturated rings. The Hall–Kier alpha value is -1.44. The molecule has 6 nitrogen and oxygen atoms in total. The van der Waals surface area contributed by atoms with Crippen molar-refractivity contribution in [2.24, 2.45) is 0 Å². The number of nitriles is 1. The molecule has 0 radical (unpaired) electrons. The number of sulfonamides is 1. The number of benzene rings is 1. The lowest BCUT2D eigenvalue weighted by Crippen LogP contribution is -2.39. The third-order valence-corrected chi connectivity index (χ3v) is 9.41. The van der Waals surface area contributed by atoms with Crippen molar-refractivity contribution in [1.29, 1.82) is 5.26 Å². The number of halogens is 1. The number of nitrogens with one attached hydrogen (secondary N) is 1. The van der Waals surface area contributed by atoms with Crippen LogP contribution in [0.5, 0.6) is 0 Å². The molecule has 3 rings (SSSR count). The number of rotatable bonds is 7. The van der Waals surface area contributed by atoms with E-state index in [2.05, 4.69) is 15.7 Å². The van der Waals surface area contributed by atoms with Gasteiger partial charge in [-0.15, -0.1) is 11.3 Å². The van der Waals surface area contributed by atoms with Crippen molar-refractivity contribution in [2.75, 3.05) is 30.3 Å². The van der Waals surface area contributed by atoms with E-state index in [1.165, 1.54) is 41.7 Å². The number of piperidine rings is 1. The minimum atomic E-state index is -3.43. The maximum absolute atomic E-state index is 12.3. The second-order valence-corrected chi connectivity index (χ2v) is 11.9. The largest absolute Gasteiger partial charge is 0.365 e. The van der Waals surface area contributed by atoms with E-state index in [1.807, 2.05) is 18.2 Å². The quantitative estimate of drug-likeness (QED) is 0.571. The van der Waals surface area contributed by atoms with Gasteiger partial charge in [0.05, 0.1) is 33.1 Å². The lowest BCUT2D eigenvalue weighted by molar-refractivity contribution is 0.465. The van der Waals surface area contributed by atoms with Crippen molar-refractivity contribution in [3.8, 4) is 6.07 Å². The summed E-state index contributed by atoms with van der Waals surface area (Å²) < 4.78 is 30.2. The van der Waals surface area contributed by atoms with Gasteiger partial charge in [0.2, 0.25) is 0 Å². The van der Waals surface area contributed by atoms with Gasteiger partial charge in [-0.25, -0.2) is 12.7 Å². The lowest BCUT2D eigenvalue weighted by Gasteiger charge is -2.38. The van der Waals surface area contributed by atoms with Crippen molar-refractivity contribution in [2.45, 2.75) is 40.1 Å². The Bertz CT molecular complexity index is 1000. The zero-order valence-corrected chi connectivity index (χ0v) is 19.5. The first-order valence-electron chi connectivity index (χ1n) is 9.22. The molecule has 0 amide bonds. The van der Waals surface area contributed by atoms with Crippen LogP contribution in [0.25, 0.3) is 0 Å². The fraction of sp³-hybridized carbons (Fsp3) is 0.421. The van der Waals surface area contributed by atoms with Gasteiger partial charge >= 0.3 is 0 Å². The molecule has 0 bridgehead atoms. The predicted octanol–water partition coefficient (Wildman–Crippen LogP) is 5.04. The van der Waals surface area contributed by atoms with Crippen LogP contribution >= 0.6 is 34.9 Å². The van der Waals surface area contributed by atoms with Gasteiger partial charge in [0, 0.05) is 26.7 Å². The normalized spacial score (nSPS) is 17.3. The predicted molar refractivity (Wildman–Crippen MR) is 121 cm³/mol. The fourth-order valence-electron chi connectivity index (χ4n) is 3.28. The van der Waals surface area contributed by atoms with Crippen molar-refractivity contribution in [1.82, 2.24) is 4.31 Å². The monoisotopic (exact) mass is 470 g/mol. The minimum Gasteiger partial charge on any atom is -0.365 e. The highest BCUT2D eigenvalue weighted by atomic mass is 35.5. The van der Waals surface area contributed by atoms with E-state index in [9.17, 15) is 13.7 Å². The van der Waals surface area contributed by atoms with Crippen LogP contribution in [0.15, 0.2) is 38.8 Å². The molecule has 0 aliphatic carbocycles. The highest BCUT2D eigenvalue weighted by molar-refractivity contribution is 8.02. The summed E-state index contributed by atoms with van der Waals surface area (Å²) in [4.78, 5) is 2.23. The molecule has 0 saturated carbocycles. The standard InChI is InChI=1S/C19H23ClN4O2S3/c1-23(2)29(25,26)18-10-9-17(27-18)28-22-16-8-5-7-15(20)19(16)24-13-4-3-6-14(24)11-12-21/h5,7-10,14,22H,3-4,6,11,13H2,1-2H3. The van der Waals surface area contributed by atoms with Crippen molar-refractivity contribution >= 4 is 56.3 Å². The summed E-state index contributed by atoms with van der Waals surface area (Å²) in [6.07, 6.45) is 3.62.